The van der Waals surface area contributed by atoms with Crippen LogP contribution in [-0.2, 0) is 11.2 Å². The van der Waals surface area contributed by atoms with E-state index in [9.17, 15) is 9.90 Å². The number of halogens is 1. The highest BCUT2D eigenvalue weighted by molar-refractivity contribution is 6.30. The van der Waals surface area contributed by atoms with Crippen molar-refractivity contribution in [3.05, 3.63) is 34.9 Å². The summed E-state index contributed by atoms with van der Waals surface area (Å²) in [5, 5.41) is 10.6. The zero-order valence-electron chi connectivity index (χ0n) is 10.8. The molecule has 3 rings (SSSR count). The molecule has 0 radical (unpaired) electrons. The van der Waals surface area contributed by atoms with Crippen LogP contribution in [0, 0.1) is 11.8 Å². The van der Waals surface area contributed by atoms with Crippen LogP contribution in [0.1, 0.15) is 18.4 Å². The Bertz CT molecular complexity index is 474. The molecule has 3 nitrogen and oxygen atoms in total. The number of likely N-dealkylation sites (tertiary alicyclic amines) is 1. The number of benzene rings is 1. The Kier molecular flexibility index (Phi) is 3.50. The average Bonchev–Trinajstić information content (AvgIpc) is 2.95. The van der Waals surface area contributed by atoms with Gasteiger partial charge in [0.25, 0.3) is 0 Å². The van der Waals surface area contributed by atoms with Crippen molar-refractivity contribution in [1.29, 1.82) is 0 Å². The van der Waals surface area contributed by atoms with E-state index in [-0.39, 0.29) is 12.0 Å². The summed E-state index contributed by atoms with van der Waals surface area (Å²) >= 11 is 5.83. The Morgan fingerprint density at radius 1 is 1.26 bits per heavy atom. The molecule has 19 heavy (non-hydrogen) atoms. The molecule has 102 valence electrons. The van der Waals surface area contributed by atoms with Crippen LogP contribution in [0.25, 0.3) is 0 Å². The molecule has 1 saturated heterocycles. The lowest BCUT2D eigenvalue weighted by Gasteiger charge is -2.18. The number of aliphatic hydroxyl groups excluding tert-OH is 1. The third-order valence-electron chi connectivity index (χ3n) is 4.44. The molecule has 1 aromatic carbocycles. The zero-order valence-corrected chi connectivity index (χ0v) is 11.5. The average molecular weight is 280 g/mol. The van der Waals surface area contributed by atoms with Gasteiger partial charge in [0.05, 0.1) is 12.5 Å². The molecule has 1 aliphatic carbocycles. The summed E-state index contributed by atoms with van der Waals surface area (Å²) in [6, 6.07) is 7.41. The lowest BCUT2D eigenvalue weighted by molar-refractivity contribution is -0.129. The Hall–Kier alpha value is -1.06. The van der Waals surface area contributed by atoms with Gasteiger partial charge in [-0.2, -0.15) is 0 Å². The lowest BCUT2D eigenvalue weighted by atomic mass is 10.00. The Labute approximate surface area is 118 Å². The maximum absolute atomic E-state index is 12.2. The molecule has 1 N–H and O–H groups in total. The highest BCUT2D eigenvalue weighted by Gasteiger charge is 2.43. The molecule has 1 heterocycles. The predicted molar refractivity (Wildman–Crippen MR) is 74.0 cm³/mol. The van der Waals surface area contributed by atoms with Crippen LogP contribution in [0.4, 0.5) is 0 Å². The van der Waals surface area contributed by atoms with Gasteiger partial charge in [0.1, 0.15) is 0 Å². The number of hydrogen-bond acceptors (Lipinski definition) is 2. The van der Waals surface area contributed by atoms with Gasteiger partial charge in [-0.05, 0) is 36.5 Å². The molecule has 1 saturated carbocycles. The quantitative estimate of drug-likeness (QED) is 0.901. The summed E-state index contributed by atoms with van der Waals surface area (Å²) < 4.78 is 0. The van der Waals surface area contributed by atoms with E-state index in [1.165, 1.54) is 0 Å². The number of rotatable bonds is 2. The van der Waals surface area contributed by atoms with Gasteiger partial charge in [-0.3, -0.25) is 4.79 Å². The highest BCUT2D eigenvalue weighted by atomic mass is 35.5. The van der Waals surface area contributed by atoms with Crippen LogP contribution in [0.3, 0.4) is 0 Å². The number of nitrogens with zero attached hydrogens (tertiary/aromatic N) is 1. The molecule has 2 fully saturated rings. The van der Waals surface area contributed by atoms with Crippen LogP contribution < -0.4 is 0 Å². The Morgan fingerprint density at radius 2 is 2.00 bits per heavy atom. The minimum absolute atomic E-state index is 0.156. The van der Waals surface area contributed by atoms with Crippen LogP contribution in [0.15, 0.2) is 24.3 Å². The van der Waals surface area contributed by atoms with Crippen LogP contribution >= 0.6 is 11.6 Å². The van der Waals surface area contributed by atoms with E-state index in [0.29, 0.717) is 23.3 Å². The van der Waals surface area contributed by atoms with Crippen molar-refractivity contribution in [2.24, 2.45) is 11.8 Å². The second kappa shape index (κ2) is 5.14. The van der Waals surface area contributed by atoms with Gasteiger partial charge < -0.3 is 10.0 Å². The van der Waals surface area contributed by atoms with Crippen LogP contribution in [-0.4, -0.2) is 35.1 Å². The molecular formula is C15H18ClNO2. The minimum atomic E-state index is -0.210. The monoisotopic (exact) mass is 279 g/mol. The molecule has 0 spiro atoms. The van der Waals surface area contributed by atoms with Crippen molar-refractivity contribution >= 4 is 17.5 Å². The molecule has 2 aliphatic rings. The molecule has 1 aliphatic heterocycles. The van der Waals surface area contributed by atoms with Crippen molar-refractivity contribution in [2.75, 3.05) is 13.1 Å². The van der Waals surface area contributed by atoms with E-state index in [0.717, 1.165) is 31.5 Å². The Morgan fingerprint density at radius 3 is 2.68 bits per heavy atom. The van der Waals surface area contributed by atoms with E-state index in [1.807, 2.05) is 29.2 Å². The molecule has 1 amide bonds. The molecule has 0 bridgehead atoms. The summed E-state index contributed by atoms with van der Waals surface area (Å²) in [6.07, 6.45) is 2.16. The largest absolute Gasteiger partial charge is 0.393 e. The molecule has 4 heteroatoms. The second-order valence-electron chi connectivity index (χ2n) is 5.67. The maximum Gasteiger partial charge on any atom is 0.227 e. The van der Waals surface area contributed by atoms with Gasteiger partial charge in [0, 0.05) is 24.0 Å². The first kappa shape index (κ1) is 12.9. The van der Waals surface area contributed by atoms with Crippen molar-refractivity contribution < 1.29 is 9.90 Å². The number of carbonyl (C=O) groups excluding carboxylic acids is 1. The second-order valence-corrected chi connectivity index (χ2v) is 6.11. The van der Waals surface area contributed by atoms with Crippen LogP contribution in [0.5, 0.6) is 0 Å². The lowest BCUT2D eigenvalue weighted by Crippen LogP contribution is -2.32. The summed E-state index contributed by atoms with van der Waals surface area (Å²) in [5.74, 6) is 0.960. The van der Waals surface area contributed by atoms with Crippen molar-refractivity contribution in [1.82, 2.24) is 4.90 Å². The normalized spacial score (nSPS) is 29.6. The first-order valence-corrected chi connectivity index (χ1v) is 7.21. The van der Waals surface area contributed by atoms with Gasteiger partial charge in [-0.1, -0.05) is 23.7 Å². The fourth-order valence-electron chi connectivity index (χ4n) is 3.33. The summed E-state index contributed by atoms with van der Waals surface area (Å²) in [5.41, 5.74) is 0.993. The fourth-order valence-corrected chi connectivity index (χ4v) is 3.45. The van der Waals surface area contributed by atoms with Gasteiger partial charge in [-0.25, -0.2) is 0 Å². The molecular weight excluding hydrogens is 262 g/mol. The standard InChI is InChI=1S/C15H18ClNO2/c16-12-4-1-10(2-5-12)7-15(19)17-8-11-3-6-14(18)13(11)9-17/h1-2,4-5,11,13-14,18H,3,6-9H2. The molecule has 3 unspecified atom stereocenters. The SMILES string of the molecule is O=C(Cc1ccc(Cl)cc1)N1CC2CCC(O)C2C1. The van der Waals surface area contributed by atoms with Crippen molar-refractivity contribution in [3.8, 4) is 0 Å². The molecule has 0 aromatic heterocycles. The number of aliphatic hydroxyl groups is 1. The van der Waals surface area contributed by atoms with E-state index in [4.69, 9.17) is 11.6 Å². The van der Waals surface area contributed by atoms with E-state index < -0.39 is 0 Å². The van der Waals surface area contributed by atoms with Gasteiger partial charge >= 0.3 is 0 Å². The smallest absolute Gasteiger partial charge is 0.227 e. The van der Waals surface area contributed by atoms with E-state index in [2.05, 4.69) is 0 Å². The molecule has 1 aromatic rings. The predicted octanol–water partition coefficient (Wildman–Crippen LogP) is 2.11. The van der Waals surface area contributed by atoms with Crippen LogP contribution in [0.2, 0.25) is 5.02 Å². The topological polar surface area (TPSA) is 40.5 Å². The minimum Gasteiger partial charge on any atom is -0.393 e. The fraction of sp³-hybridized carbons (Fsp3) is 0.533. The summed E-state index contributed by atoms with van der Waals surface area (Å²) in [7, 11) is 0. The number of amides is 1. The number of carbonyl (C=O) groups is 1. The van der Waals surface area contributed by atoms with Crippen molar-refractivity contribution in [3.63, 3.8) is 0 Å². The van der Waals surface area contributed by atoms with E-state index in [1.54, 1.807) is 0 Å². The maximum atomic E-state index is 12.2. The third-order valence-corrected chi connectivity index (χ3v) is 4.69. The molecule has 3 atom stereocenters. The zero-order chi connectivity index (χ0) is 13.4. The van der Waals surface area contributed by atoms with Gasteiger partial charge in [-0.15, -0.1) is 0 Å². The third kappa shape index (κ3) is 2.63. The first-order valence-electron chi connectivity index (χ1n) is 6.84. The number of hydrogen-bond donors (Lipinski definition) is 1. The first-order chi connectivity index (χ1) is 9.13. The Balaban J connectivity index is 1.61. The summed E-state index contributed by atoms with van der Waals surface area (Å²) in [6.45, 7) is 1.53. The van der Waals surface area contributed by atoms with Gasteiger partial charge in [0.2, 0.25) is 5.91 Å². The summed E-state index contributed by atoms with van der Waals surface area (Å²) in [4.78, 5) is 14.2. The highest BCUT2D eigenvalue weighted by Crippen LogP contribution is 2.38. The van der Waals surface area contributed by atoms with Crippen molar-refractivity contribution in [2.45, 2.75) is 25.4 Å². The number of fused-ring (bicyclic) bond motifs is 1. The van der Waals surface area contributed by atoms with Gasteiger partial charge in [0.15, 0.2) is 0 Å². The van der Waals surface area contributed by atoms with E-state index >= 15 is 0 Å².